The van der Waals surface area contributed by atoms with Gasteiger partial charge >= 0.3 is 0 Å². The zero-order valence-corrected chi connectivity index (χ0v) is 12.7. The molecule has 0 saturated heterocycles. The SMILES string of the molecule is COCCC(C)(C)CNCCCNC(C)(C)C. The van der Waals surface area contributed by atoms with Crippen molar-refractivity contribution in [3.63, 3.8) is 0 Å². The van der Waals surface area contributed by atoms with Crippen LogP contribution in [0.1, 0.15) is 47.5 Å². The Morgan fingerprint density at radius 3 is 2.18 bits per heavy atom. The van der Waals surface area contributed by atoms with E-state index in [-0.39, 0.29) is 5.54 Å². The van der Waals surface area contributed by atoms with Crippen LogP contribution in [0.5, 0.6) is 0 Å². The predicted molar refractivity (Wildman–Crippen MR) is 75.5 cm³/mol. The van der Waals surface area contributed by atoms with E-state index in [2.05, 4.69) is 45.3 Å². The summed E-state index contributed by atoms with van der Waals surface area (Å²) in [5, 5.41) is 7.02. The van der Waals surface area contributed by atoms with E-state index in [4.69, 9.17) is 4.74 Å². The van der Waals surface area contributed by atoms with Crippen molar-refractivity contribution in [2.24, 2.45) is 5.41 Å². The number of methoxy groups -OCH3 is 1. The first-order chi connectivity index (χ1) is 7.77. The normalized spacial score (nSPS) is 13.1. The highest BCUT2D eigenvalue weighted by Crippen LogP contribution is 2.18. The van der Waals surface area contributed by atoms with Gasteiger partial charge in [-0.25, -0.2) is 0 Å². The lowest BCUT2D eigenvalue weighted by molar-refractivity contribution is 0.151. The van der Waals surface area contributed by atoms with Crippen molar-refractivity contribution in [3.05, 3.63) is 0 Å². The highest BCUT2D eigenvalue weighted by atomic mass is 16.5. The van der Waals surface area contributed by atoms with Crippen molar-refractivity contribution in [2.75, 3.05) is 33.4 Å². The van der Waals surface area contributed by atoms with Gasteiger partial charge in [-0.2, -0.15) is 0 Å². The maximum absolute atomic E-state index is 5.12. The Labute approximate surface area is 108 Å². The molecule has 0 aliphatic heterocycles. The molecule has 0 saturated carbocycles. The average molecular weight is 244 g/mol. The minimum Gasteiger partial charge on any atom is -0.385 e. The summed E-state index contributed by atoms with van der Waals surface area (Å²) in [6, 6.07) is 0. The molecule has 0 aromatic heterocycles. The first kappa shape index (κ1) is 16.9. The molecule has 0 aromatic rings. The van der Waals surface area contributed by atoms with E-state index in [1.807, 2.05) is 0 Å². The summed E-state index contributed by atoms with van der Waals surface area (Å²) in [7, 11) is 1.77. The van der Waals surface area contributed by atoms with Gasteiger partial charge in [0.05, 0.1) is 0 Å². The molecule has 17 heavy (non-hydrogen) atoms. The second-order valence-electron chi connectivity index (χ2n) is 6.61. The molecule has 0 radical (unpaired) electrons. The Morgan fingerprint density at radius 2 is 1.65 bits per heavy atom. The van der Waals surface area contributed by atoms with Crippen LogP contribution in [0.15, 0.2) is 0 Å². The summed E-state index contributed by atoms with van der Waals surface area (Å²) < 4.78 is 5.12. The third-order valence-corrected chi connectivity index (χ3v) is 2.77. The Morgan fingerprint density at radius 1 is 1.00 bits per heavy atom. The molecule has 0 rings (SSSR count). The van der Waals surface area contributed by atoms with Crippen LogP contribution in [0.4, 0.5) is 0 Å². The topological polar surface area (TPSA) is 33.3 Å². The van der Waals surface area contributed by atoms with Crippen LogP contribution < -0.4 is 10.6 Å². The van der Waals surface area contributed by atoms with E-state index in [1.54, 1.807) is 7.11 Å². The minimum absolute atomic E-state index is 0.234. The maximum atomic E-state index is 5.12. The molecule has 0 amide bonds. The van der Waals surface area contributed by atoms with Crippen LogP contribution >= 0.6 is 0 Å². The third-order valence-electron chi connectivity index (χ3n) is 2.77. The van der Waals surface area contributed by atoms with Gasteiger partial charge in [0.15, 0.2) is 0 Å². The van der Waals surface area contributed by atoms with Crippen LogP contribution in [-0.4, -0.2) is 38.9 Å². The highest BCUT2D eigenvalue weighted by Gasteiger charge is 2.16. The molecule has 104 valence electrons. The first-order valence-electron chi connectivity index (χ1n) is 6.71. The first-order valence-corrected chi connectivity index (χ1v) is 6.71. The van der Waals surface area contributed by atoms with Gasteiger partial charge in [0, 0.05) is 25.8 Å². The van der Waals surface area contributed by atoms with Crippen LogP contribution in [-0.2, 0) is 4.74 Å². The summed E-state index contributed by atoms with van der Waals surface area (Å²) in [6.07, 6.45) is 2.29. The van der Waals surface area contributed by atoms with Gasteiger partial charge in [-0.15, -0.1) is 0 Å². The van der Waals surface area contributed by atoms with Crippen molar-refractivity contribution in [1.29, 1.82) is 0 Å². The van der Waals surface area contributed by atoms with Crippen LogP contribution in [0, 0.1) is 5.41 Å². The Hall–Kier alpha value is -0.120. The fourth-order valence-electron chi connectivity index (χ4n) is 1.57. The molecule has 0 spiro atoms. The van der Waals surface area contributed by atoms with E-state index in [9.17, 15) is 0 Å². The molecule has 0 heterocycles. The predicted octanol–water partition coefficient (Wildman–Crippen LogP) is 2.42. The summed E-state index contributed by atoms with van der Waals surface area (Å²) in [5.41, 5.74) is 0.561. The van der Waals surface area contributed by atoms with E-state index in [0.717, 1.165) is 32.7 Å². The zero-order valence-electron chi connectivity index (χ0n) is 12.7. The number of ether oxygens (including phenoxy) is 1. The molecule has 0 aromatic carbocycles. The lowest BCUT2D eigenvalue weighted by Gasteiger charge is -2.25. The molecule has 0 unspecified atom stereocenters. The molecular formula is C14H32N2O. The highest BCUT2D eigenvalue weighted by molar-refractivity contribution is 4.72. The van der Waals surface area contributed by atoms with Crippen molar-refractivity contribution in [2.45, 2.75) is 53.0 Å². The Balaban J connectivity index is 3.44. The monoisotopic (exact) mass is 244 g/mol. The van der Waals surface area contributed by atoms with Crippen molar-refractivity contribution >= 4 is 0 Å². The van der Waals surface area contributed by atoms with Gasteiger partial charge < -0.3 is 15.4 Å². The maximum Gasteiger partial charge on any atom is 0.0467 e. The van der Waals surface area contributed by atoms with Crippen LogP contribution in [0.3, 0.4) is 0 Å². The van der Waals surface area contributed by atoms with E-state index in [0.29, 0.717) is 5.41 Å². The van der Waals surface area contributed by atoms with Gasteiger partial charge in [0.2, 0.25) is 0 Å². The second-order valence-corrected chi connectivity index (χ2v) is 6.61. The summed E-state index contributed by atoms with van der Waals surface area (Å²) >= 11 is 0. The summed E-state index contributed by atoms with van der Waals surface area (Å²) in [5.74, 6) is 0. The smallest absolute Gasteiger partial charge is 0.0467 e. The number of hydrogen-bond donors (Lipinski definition) is 2. The summed E-state index contributed by atoms with van der Waals surface area (Å²) in [6.45, 7) is 15.2. The largest absolute Gasteiger partial charge is 0.385 e. The van der Waals surface area contributed by atoms with Crippen molar-refractivity contribution < 1.29 is 4.74 Å². The quantitative estimate of drug-likeness (QED) is 0.611. The molecule has 2 N–H and O–H groups in total. The number of nitrogens with one attached hydrogen (secondary N) is 2. The summed E-state index contributed by atoms with van der Waals surface area (Å²) in [4.78, 5) is 0. The average Bonchev–Trinajstić information content (AvgIpc) is 2.19. The van der Waals surface area contributed by atoms with E-state index in [1.165, 1.54) is 6.42 Å². The lowest BCUT2D eigenvalue weighted by atomic mass is 9.90. The molecule has 3 heteroatoms. The number of rotatable bonds is 9. The van der Waals surface area contributed by atoms with Crippen LogP contribution in [0.25, 0.3) is 0 Å². The van der Waals surface area contributed by atoms with Gasteiger partial charge in [0.25, 0.3) is 0 Å². The molecule has 0 bridgehead atoms. The molecule has 0 aliphatic carbocycles. The molecule has 0 atom stereocenters. The van der Waals surface area contributed by atoms with Crippen molar-refractivity contribution in [3.8, 4) is 0 Å². The molecule has 0 aliphatic rings. The van der Waals surface area contributed by atoms with E-state index >= 15 is 0 Å². The van der Waals surface area contributed by atoms with Crippen LogP contribution in [0.2, 0.25) is 0 Å². The Kier molecular flexibility index (Phi) is 8.01. The number of hydrogen-bond acceptors (Lipinski definition) is 3. The molecule has 0 fully saturated rings. The third kappa shape index (κ3) is 12.1. The van der Waals surface area contributed by atoms with Gasteiger partial charge in [-0.1, -0.05) is 13.8 Å². The van der Waals surface area contributed by atoms with Crippen molar-refractivity contribution in [1.82, 2.24) is 10.6 Å². The second kappa shape index (κ2) is 8.06. The van der Waals surface area contributed by atoms with E-state index < -0.39 is 0 Å². The molecular weight excluding hydrogens is 212 g/mol. The fraction of sp³-hybridized carbons (Fsp3) is 1.00. The lowest BCUT2D eigenvalue weighted by Crippen LogP contribution is -2.38. The van der Waals surface area contributed by atoms with Gasteiger partial charge in [0.1, 0.15) is 0 Å². The fourth-order valence-corrected chi connectivity index (χ4v) is 1.57. The zero-order chi connectivity index (χ0) is 13.4. The minimum atomic E-state index is 0.234. The Bertz CT molecular complexity index is 185. The standard InChI is InChI=1S/C14H32N2O/c1-13(2,3)16-10-7-9-15-12-14(4,5)8-11-17-6/h15-16H,7-12H2,1-6H3. The van der Waals surface area contributed by atoms with Gasteiger partial charge in [-0.3, -0.25) is 0 Å². The molecule has 3 nitrogen and oxygen atoms in total. The van der Waals surface area contributed by atoms with Gasteiger partial charge in [-0.05, 0) is 52.1 Å².